The van der Waals surface area contributed by atoms with Gasteiger partial charge in [0.25, 0.3) is 0 Å². The van der Waals surface area contributed by atoms with Gasteiger partial charge in [0.1, 0.15) is 0 Å². The molecule has 9 nitrogen and oxygen atoms in total. The van der Waals surface area contributed by atoms with Crippen molar-refractivity contribution in [2.24, 2.45) is 5.41 Å². The first-order valence-electron chi connectivity index (χ1n) is 14.9. The highest BCUT2D eigenvalue weighted by Crippen LogP contribution is 2.56. The summed E-state index contributed by atoms with van der Waals surface area (Å²) in [5.41, 5.74) is 2.42. The molecule has 2 aromatic carbocycles. The maximum atomic E-state index is 12.5. The molecule has 13 heteroatoms. The van der Waals surface area contributed by atoms with E-state index in [-0.39, 0.29) is 21.7 Å². The van der Waals surface area contributed by atoms with Gasteiger partial charge in [0, 0.05) is 9.79 Å². The van der Waals surface area contributed by atoms with Gasteiger partial charge in [0.2, 0.25) is 0 Å². The minimum absolute atomic E-state index is 0.0459. The molecule has 2 rings (SSSR count). The van der Waals surface area contributed by atoms with Crippen molar-refractivity contribution in [2.75, 3.05) is 19.8 Å². The molecule has 0 bridgehead atoms. The summed E-state index contributed by atoms with van der Waals surface area (Å²) in [7, 11) is -5.22. The Labute approximate surface area is 286 Å². The van der Waals surface area contributed by atoms with E-state index < -0.39 is 46.7 Å². The highest BCUT2D eigenvalue weighted by molar-refractivity contribution is 8.18. The van der Waals surface area contributed by atoms with Gasteiger partial charge in [-0.3, -0.25) is 0 Å². The molecule has 46 heavy (non-hydrogen) atoms. The largest absolute Gasteiger partial charge is 0.395 e. The lowest BCUT2D eigenvalue weighted by molar-refractivity contribution is -0.0618. The molecule has 0 radical (unpaired) electrons. The smallest absolute Gasteiger partial charge is 0.334 e. The lowest BCUT2D eigenvalue weighted by Crippen LogP contribution is -2.51. The fraction of sp³-hybridized carbons (Fsp3) is 0.636. The number of thioether (sulfide) groups is 2. The van der Waals surface area contributed by atoms with Crippen molar-refractivity contribution in [3.63, 3.8) is 0 Å². The van der Waals surface area contributed by atoms with Gasteiger partial charge in [-0.1, -0.05) is 131 Å². The van der Waals surface area contributed by atoms with Crippen LogP contribution in [0, 0.1) is 5.41 Å². The van der Waals surface area contributed by atoms with Crippen LogP contribution in [0.3, 0.4) is 0 Å². The van der Waals surface area contributed by atoms with E-state index in [0.29, 0.717) is 0 Å². The second kappa shape index (κ2) is 16.6. The SMILES string of the molecule is CC(C)(C)c1ccc(SC(O)(Sc2ccc(C(C)(C)C)cc2C(C)(C)C)C(CO)(CO)CO)c(C(C)(C)C)c1.OP(O)OP(O)O. The van der Waals surface area contributed by atoms with Crippen LogP contribution in [0.15, 0.2) is 46.2 Å². The Morgan fingerprint density at radius 2 is 0.848 bits per heavy atom. The van der Waals surface area contributed by atoms with Gasteiger partial charge >= 0.3 is 17.2 Å². The summed E-state index contributed by atoms with van der Waals surface area (Å²) < 4.78 is 1.82. The number of hydrogen-bond donors (Lipinski definition) is 8. The van der Waals surface area contributed by atoms with E-state index in [4.69, 9.17) is 19.6 Å². The zero-order valence-electron chi connectivity index (χ0n) is 29.3. The predicted molar refractivity (Wildman–Crippen MR) is 192 cm³/mol. The zero-order chi connectivity index (χ0) is 36.1. The summed E-state index contributed by atoms with van der Waals surface area (Å²) in [4.78, 5) is 33.0. The van der Waals surface area contributed by atoms with Gasteiger partial charge in [-0.2, -0.15) is 0 Å². The average Bonchev–Trinajstić information content (AvgIpc) is 2.87. The second-order valence-electron chi connectivity index (χ2n) is 15.5. The Morgan fingerprint density at radius 1 is 0.543 bits per heavy atom. The van der Waals surface area contributed by atoms with E-state index in [9.17, 15) is 20.4 Å². The number of hydrogen-bond acceptors (Lipinski definition) is 11. The van der Waals surface area contributed by atoms with Gasteiger partial charge in [0.05, 0.1) is 25.2 Å². The molecule has 0 saturated carbocycles. The monoisotopic (exact) mass is 722 g/mol. The first kappa shape index (κ1) is 43.7. The first-order chi connectivity index (χ1) is 20.7. The molecule has 0 aliphatic carbocycles. The van der Waals surface area contributed by atoms with E-state index in [0.717, 1.165) is 20.9 Å². The van der Waals surface area contributed by atoms with E-state index in [1.807, 2.05) is 12.1 Å². The van der Waals surface area contributed by atoms with E-state index in [1.54, 1.807) is 0 Å². The molecule has 264 valence electrons. The molecule has 0 fully saturated rings. The van der Waals surface area contributed by atoms with Crippen LogP contribution in [0.25, 0.3) is 0 Å². The predicted octanol–water partition coefficient (Wildman–Crippen LogP) is 6.80. The summed E-state index contributed by atoms with van der Waals surface area (Å²) in [5, 5.41) is 44.1. The topological polar surface area (TPSA) is 171 Å². The number of aliphatic hydroxyl groups is 4. The molecular formula is C33H56O9P2S2. The fourth-order valence-electron chi connectivity index (χ4n) is 4.39. The Bertz CT molecular complexity index is 1170. The number of benzene rings is 2. The molecule has 0 saturated heterocycles. The molecular weight excluding hydrogens is 666 g/mol. The summed E-state index contributed by atoms with van der Waals surface area (Å²) >= 11 is 2.41. The Kier molecular flexibility index (Phi) is 15.7. The lowest BCUT2D eigenvalue weighted by atomic mass is 9.81. The van der Waals surface area contributed by atoms with Crippen LogP contribution < -0.4 is 0 Å². The van der Waals surface area contributed by atoms with Crippen LogP contribution in [0.1, 0.15) is 105 Å². The molecule has 0 spiro atoms. The van der Waals surface area contributed by atoms with Crippen LogP contribution in [0.2, 0.25) is 0 Å². The van der Waals surface area contributed by atoms with E-state index >= 15 is 0 Å². The van der Waals surface area contributed by atoms with Gasteiger partial charge in [-0.25, -0.2) is 4.31 Å². The average molecular weight is 723 g/mol. The molecule has 0 heterocycles. The molecule has 0 atom stereocenters. The van der Waals surface area contributed by atoms with Crippen molar-refractivity contribution in [3.05, 3.63) is 58.7 Å². The minimum Gasteiger partial charge on any atom is -0.395 e. The Balaban J connectivity index is 0.00000135. The minimum atomic E-state index is -2.61. The van der Waals surface area contributed by atoms with Crippen molar-refractivity contribution < 1.29 is 44.3 Å². The van der Waals surface area contributed by atoms with Crippen LogP contribution in [0.5, 0.6) is 0 Å². The highest BCUT2D eigenvalue weighted by Gasteiger charge is 2.53. The second-order valence-corrected chi connectivity index (χ2v) is 19.9. The number of rotatable bonds is 10. The molecule has 0 unspecified atom stereocenters. The van der Waals surface area contributed by atoms with Crippen LogP contribution in [-0.2, 0) is 26.0 Å². The quantitative estimate of drug-likeness (QED) is 0.0737. The van der Waals surface area contributed by atoms with Crippen LogP contribution in [0.4, 0.5) is 0 Å². The maximum Gasteiger partial charge on any atom is 0.334 e. The van der Waals surface area contributed by atoms with Crippen molar-refractivity contribution in [2.45, 2.75) is 119 Å². The first-order valence-corrected chi connectivity index (χ1v) is 18.9. The van der Waals surface area contributed by atoms with Gasteiger partial charge < -0.3 is 40.0 Å². The third-order valence-corrected chi connectivity index (χ3v) is 11.8. The summed E-state index contributed by atoms with van der Waals surface area (Å²) in [5.74, 6) is 0. The van der Waals surface area contributed by atoms with Crippen molar-refractivity contribution in [3.8, 4) is 0 Å². The summed E-state index contributed by atoms with van der Waals surface area (Å²) in [6, 6.07) is 12.6. The molecule has 8 N–H and O–H groups in total. The Hall–Kier alpha value is -0.360. The summed E-state index contributed by atoms with van der Waals surface area (Å²) in [6.07, 6.45) is 0. The Morgan fingerprint density at radius 3 is 1.04 bits per heavy atom. The van der Waals surface area contributed by atoms with Crippen LogP contribution >= 0.6 is 40.7 Å². The number of aliphatic hydroxyl groups excluding tert-OH is 3. The normalized spacial score (nSPS) is 13.7. The van der Waals surface area contributed by atoms with Crippen molar-refractivity contribution in [1.82, 2.24) is 0 Å². The molecule has 2 aromatic rings. The van der Waals surface area contributed by atoms with Gasteiger partial charge in [0.15, 0.2) is 4.27 Å². The molecule has 0 aliphatic heterocycles. The van der Waals surface area contributed by atoms with Crippen molar-refractivity contribution in [1.29, 1.82) is 0 Å². The van der Waals surface area contributed by atoms with Crippen molar-refractivity contribution >= 4 is 40.7 Å². The molecule has 0 aromatic heterocycles. The van der Waals surface area contributed by atoms with Gasteiger partial charge in [-0.15, -0.1) is 0 Å². The van der Waals surface area contributed by atoms with Crippen LogP contribution in [-0.4, -0.2) is 64.1 Å². The lowest BCUT2D eigenvalue weighted by Gasteiger charge is -2.44. The standard InChI is InChI=1S/C33H52O4S2.H4O5P2/c1-28(2,3)22-13-15-26(24(17-22)30(7,8)9)38-33(37,32(19-34,20-35)21-36)39-27-16-14-23(29(4,5)6)18-25(27)31(10,11)12;1-6(2)5-7(3)4/h13-18,34-37H,19-21H2,1-12H3;1-4H. The summed E-state index contributed by atoms with van der Waals surface area (Å²) in [6.45, 7) is 24.2. The van der Waals surface area contributed by atoms with Gasteiger partial charge in [-0.05, 0) is 56.0 Å². The molecule has 0 aliphatic rings. The third-order valence-electron chi connectivity index (χ3n) is 7.53. The van der Waals surface area contributed by atoms with E-state index in [2.05, 4.69) is 112 Å². The highest BCUT2D eigenvalue weighted by atomic mass is 32.2. The zero-order valence-corrected chi connectivity index (χ0v) is 32.7. The maximum absolute atomic E-state index is 12.5. The third kappa shape index (κ3) is 11.9. The molecule has 0 amide bonds. The fourth-order valence-corrected chi connectivity index (χ4v) is 8.26. The van der Waals surface area contributed by atoms with E-state index in [1.165, 1.54) is 34.7 Å².